The molecule has 0 spiro atoms. The summed E-state index contributed by atoms with van der Waals surface area (Å²) in [5, 5.41) is 26.0. The summed E-state index contributed by atoms with van der Waals surface area (Å²) in [6.07, 6.45) is 2.65. The largest absolute Gasteiger partial charge is 0.496 e. The number of carbonyl (C=O) groups is 4. The minimum absolute atomic E-state index is 0.137. The van der Waals surface area contributed by atoms with Crippen LogP contribution in [-0.2, 0) is 26.2 Å². The zero-order valence-electron chi connectivity index (χ0n) is 64.0. The van der Waals surface area contributed by atoms with E-state index in [9.17, 15) is 19.2 Å². The number of carbonyl (C=O) groups excluding carboxylic acids is 4. The third kappa shape index (κ3) is 20.3. The number of methoxy groups -OCH3 is 4. The zero-order chi connectivity index (χ0) is 74.7. The Hall–Kier alpha value is -9.96. The van der Waals surface area contributed by atoms with Crippen molar-refractivity contribution < 1.29 is 38.1 Å². The molecule has 0 saturated heterocycles. The molecule has 8 bridgehead atoms. The van der Waals surface area contributed by atoms with Crippen LogP contribution in [0, 0.1) is 23.7 Å². The van der Waals surface area contributed by atoms with Crippen molar-refractivity contribution >= 4 is 24.1 Å². The Labute approximate surface area is 618 Å². The molecule has 0 aliphatic heterocycles. The van der Waals surface area contributed by atoms with Crippen LogP contribution in [0.5, 0.6) is 23.0 Å². The predicted octanol–water partition coefficient (Wildman–Crippen LogP) is 19.0. The normalized spacial score (nSPS) is 16.0. The molecule has 16 heteroatoms. The van der Waals surface area contributed by atoms with Crippen LogP contribution in [0.25, 0.3) is 0 Å². The quantitative estimate of drug-likeness (QED) is 0.0237. The van der Waals surface area contributed by atoms with Crippen molar-refractivity contribution in [1.82, 2.24) is 42.5 Å². The lowest BCUT2D eigenvalue weighted by atomic mass is 9.73. The molecule has 552 valence electrons. The van der Waals surface area contributed by atoms with E-state index < -0.39 is 0 Å². The van der Waals surface area contributed by atoms with Gasteiger partial charge in [-0.05, 0) is 168 Å². The van der Waals surface area contributed by atoms with E-state index in [0.717, 1.165) is 89.0 Å². The fourth-order valence-corrected chi connectivity index (χ4v) is 14.9. The molecule has 8 N–H and O–H groups in total. The summed E-state index contributed by atoms with van der Waals surface area (Å²) < 4.78 is 26.8. The van der Waals surface area contributed by atoms with Crippen molar-refractivity contribution in [2.75, 3.05) is 28.4 Å². The first kappa shape index (κ1) is 78.2. The van der Waals surface area contributed by atoms with Crippen molar-refractivity contribution in [2.45, 2.75) is 183 Å². The summed E-state index contributed by atoms with van der Waals surface area (Å²) in [5.74, 6) is 1.67. The summed E-state index contributed by atoms with van der Waals surface area (Å²) in [4.78, 5) is 57.6. The SMILES string of the molecule is COc1cc(CNC(=O)N[C@@H](C)c2ccccc2)c2cc1C(CC(C)C)c1cc(c(OC)cc1CNC(=O)N[C@@H](C)c1ccccc1)C(CC(C)C)c1cc(c(OC)cc1CNC(=O)N[C@@H](C)c1ccccc1)C(CC(C)C)c1cc(c(OC)cc1CNC(=O)N[C@@H](C)c1ccccc1)C2CC(C)C. The molecule has 0 fully saturated rings. The van der Waals surface area contributed by atoms with Crippen LogP contribution in [0.2, 0.25) is 0 Å². The van der Waals surface area contributed by atoms with Crippen molar-refractivity contribution in [3.8, 4) is 23.0 Å². The summed E-state index contributed by atoms with van der Waals surface area (Å²) in [6.45, 7) is 26.4. The van der Waals surface area contributed by atoms with Crippen LogP contribution in [0.1, 0.15) is 246 Å². The van der Waals surface area contributed by atoms with Gasteiger partial charge in [-0.25, -0.2) is 19.2 Å². The Morgan fingerprint density at radius 2 is 0.462 bits per heavy atom. The van der Waals surface area contributed by atoms with E-state index in [-0.39, 0.29) is 122 Å². The average Bonchev–Trinajstić information content (AvgIpc) is 0.748. The van der Waals surface area contributed by atoms with Crippen molar-refractivity contribution in [1.29, 1.82) is 0 Å². The maximum Gasteiger partial charge on any atom is 0.315 e. The van der Waals surface area contributed by atoms with Gasteiger partial charge in [-0.2, -0.15) is 0 Å². The summed E-state index contributed by atoms with van der Waals surface area (Å²) in [6, 6.07) is 55.0. The molecule has 0 radical (unpaired) electrons. The summed E-state index contributed by atoms with van der Waals surface area (Å²) in [5.41, 5.74) is 15.0. The molecule has 9 rings (SSSR count). The van der Waals surface area contributed by atoms with Gasteiger partial charge in [-0.1, -0.05) is 201 Å². The Kier molecular flexibility index (Phi) is 27.8. The van der Waals surface area contributed by atoms with Gasteiger partial charge in [-0.3, -0.25) is 0 Å². The monoisotopic (exact) mass is 1410 g/mol. The summed E-state index contributed by atoms with van der Waals surface area (Å²) in [7, 11) is 6.86. The van der Waals surface area contributed by atoms with Crippen molar-refractivity contribution in [3.63, 3.8) is 0 Å². The fourth-order valence-electron chi connectivity index (χ4n) is 14.9. The van der Waals surface area contributed by atoms with Gasteiger partial charge in [0.25, 0.3) is 0 Å². The molecule has 8 atom stereocenters. The molecule has 8 aromatic rings. The van der Waals surface area contributed by atoms with Gasteiger partial charge >= 0.3 is 24.1 Å². The lowest BCUT2D eigenvalue weighted by Gasteiger charge is -2.34. The number of fused-ring (bicyclic) bond motifs is 8. The van der Waals surface area contributed by atoms with E-state index in [2.05, 4.69) is 146 Å². The molecule has 4 unspecified atom stereocenters. The number of ether oxygens (including phenoxy) is 4. The zero-order valence-corrected chi connectivity index (χ0v) is 64.0. The first-order valence-electron chi connectivity index (χ1n) is 37.2. The third-order valence-corrected chi connectivity index (χ3v) is 20.1. The highest BCUT2D eigenvalue weighted by Crippen LogP contribution is 2.51. The summed E-state index contributed by atoms with van der Waals surface area (Å²) >= 11 is 0. The Bertz CT molecular complexity index is 3620. The number of hydrogen-bond acceptors (Lipinski definition) is 8. The molecule has 0 heterocycles. The number of nitrogens with one attached hydrogen (secondary N) is 8. The number of rotatable bonds is 28. The second-order valence-corrected chi connectivity index (χ2v) is 29.7. The van der Waals surface area contributed by atoms with Crippen LogP contribution in [0.15, 0.2) is 170 Å². The topological polar surface area (TPSA) is 201 Å². The van der Waals surface area contributed by atoms with Crippen molar-refractivity contribution in [2.24, 2.45) is 23.7 Å². The fraction of sp³-hybridized carbons (Fsp3) is 0.409. The maximum atomic E-state index is 14.4. The molecule has 0 saturated carbocycles. The molecule has 104 heavy (non-hydrogen) atoms. The van der Waals surface area contributed by atoms with Crippen LogP contribution < -0.4 is 61.5 Å². The number of urea groups is 4. The van der Waals surface area contributed by atoms with Crippen LogP contribution in [0.3, 0.4) is 0 Å². The standard InChI is InChI=1S/C88H112N8O8/c1-53(2)37-73-69-45-78(82(102-14)41-65(69)49-89-85(97)93-57(9)61-29-21-17-22-30-61)75(39-55(5)6)71-47-80(84(104-16)43-67(71)51-91-87(99)95-59(11)63-33-25-19-26-34-63)76(40-56(7)8)72-48-79(83(103-15)44-68(72)52-92-88(100)96-60(12)64-35-27-20-28-36-64)74(38-54(3)4)70-46-77(73)81(101-13)42-66(70)50-90-86(98)94-58(10)62-31-23-18-24-32-62/h17-36,41-48,53-60,73-76H,37-40,49-52H2,1-16H3,(H2,89,93,97)(H2,90,94,98)(H2,91,95,99)(H2,92,96,100)/t57-,58-,59-,60-,73?,74?,75?,76?/m0/s1. The maximum absolute atomic E-state index is 14.4. The average molecular weight is 1410 g/mol. The lowest BCUT2D eigenvalue weighted by Crippen LogP contribution is -2.37. The Morgan fingerprint density at radius 1 is 0.279 bits per heavy atom. The molecule has 16 nitrogen and oxygen atoms in total. The van der Waals surface area contributed by atoms with Gasteiger partial charge in [0.1, 0.15) is 23.0 Å². The minimum Gasteiger partial charge on any atom is -0.496 e. The van der Waals surface area contributed by atoms with Gasteiger partial charge in [0.05, 0.1) is 52.6 Å². The molecular formula is C88H112N8O8. The van der Waals surface area contributed by atoms with Crippen molar-refractivity contribution in [3.05, 3.63) is 259 Å². The number of benzene rings is 8. The van der Waals surface area contributed by atoms with E-state index in [1.165, 1.54) is 0 Å². The first-order chi connectivity index (χ1) is 50.0. The van der Waals surface area contributed by atoms with Gasteiger partial charge < -0.3 is 61.5 Å². The van der Waals surface area contributed by atoms with E-state index in [4.69, 9.17) is 18.9 Å². The second-order valence-electron chi connectivity index (χ2n) is 29.7. The van der Waals surface area contributed by atoms with E-state index in [1.807, 2.05) is 149 Å². The first-order valence-corrected chi connectivity index (χ1v) is 37.2. The lowest BCUT2D eigenvalue weighted by molar-refractivity contribution is 0.236. The molecule has 0 aromatic heterocycles. The van der Waals surface area contributed by atoms with Crippen LogP contribution in [-0.4, -0.2) is 52.6 Å². The van der Waals surface area contributed by atoms with Crippen LogP contribution >= 0.6 is 0 Å². The molecule has 1 aliphatic carbocycles. The van der Waals surface area contributed by atoms with Gasteiger partial charge in [0, 0.05) is 72.1 Å². The van der Waals surface area contributed by atoms with E-state index in [1.54, 1.807) is 28.4 Å². The molecule has 1 aliphatic rings. The molecule has 8 aromatic carbocycles. The smallest absolute Gasteiger partial charge is 0.315 e. The second kappa shape index (κ2) is 37.0. The highest BCUT2D eigenvalue weighted by molar-refractivity contribution is 5.77. The number of amides is 8. The Balaban J connectivity index is 1.36. The van der Waals surface area contributed by atoms with Crippen LogP contribution in [0.4, 0.5) is 19.2 Å². The molecule has 8 amide bonds. The van der Waals surface area contributed by atoms with E-state index >= 15 is 0 Å². The Morgan fingerprint density at radius 3 is 0.625 bits per heavy atom. The van der Waals surface area contributed by atoms with Gasteiger partial charge in [-0.15, -0.1) is 0 Å². The number of hydrogen-bond donors (Lipinski definition) is 8. The highest BCUT2D eigenvalue weighted by atomic mass is 16.5. The predicted molar refractivity (Wildman–Crippen MR) is 418 cm³/mol. The van der Waals surface area contributed by atoms with Gasteiger partial charge in [0.15, 0.2) is 0 Å². The van der Waals surface area contributed by atoms with Gasteiger partial charge in [0.2, 0.25) is 0 Å². The van der Waals surface area contributed by atoms with E-state index in [0.29, 0.717) is 48.7 Å². The third-order valence-electron chi connectivity index (χ3n) is 20.1. The molecular weight excluding hydrogens is 1300 g/mol. The highest BCUT2D eigenvalue weighted by Gasteiger charge is 2.36. The minimum atomic E-state index is -0.360.